The van der Waals surface area contributed by atoms with E-state index in [9.17, 15) is 4.39 Å². The second-order valence-electron chi connectivity index (χ2n) is 3.62. The largest absolute Gasteiger partial charge is 0.377 e. The fourth-order valence-electron chi connectivity index (χ4n) is 1.55. The number of allylic oxidation sites excluding steroid dienone is 3. The Hall–Kier alpha value is 0.0439. The van der Waals surface area contributed by atoms with Gasteiger partial charge in [-0.05, 0) is 27.3 Å². The van der Waals surface area contributed by atoms with Crippen LogP contribution in [0.5, 0.6) is 0 Å². The van der Waals surface area contributed by atoms with Crippen molar-refractivity contribution in [2.24, 2.45) is 0 Å². The number of benzene rings is 1. The van der Waals surface area contributed by atoms with Gasteiger partial charge in [0.2, 0.25) is 0 Å². The summed E-state index contributed by atoms with van der Waals surface area (Å²) < 4.78 is 13.7. The van der Waals surface area contributed by atoms with Crippen molar-refractivity contribution in [3.63, 3.8) is 0 Å². The molecule has 0 aliphatic carbocycles. The van der Waals surface area contributed by atoms with Crippen LogP contribution >= 0.6 is 27.5 Å². The number of nitrogens with zero attached hydrogens (tertiary/aromatic N) is 1. The molecule has 0 unspecified atom stereocenters. The number of rotatable bonds is 1. The maximum atomic E-state index is 13.0. The summed E-state index contributed by atoms with van der Waals surface area (Å²) >= 11 is 9.29. The Balaban J connectivity index is 0.00000162. The van der Waals surface area contributed by atoms with Crippen molar-refractivity contribution >= 4 is 33.2 Å². The average molecular weight is 402 g/mol. The summed E-state index contributed by atoms with van der Waals surface area (Å²) in [4.78, 5) is 1.82. The molecule has 0 saturated carbocycles. The van der Waals surface area contributed by atoms with Gasteiger partial charge in [0.15, 0.2) is 0 Å². The van der Waals surface area contributed by atoms with Crippen LogP contribution in [0.4, 0.5) is 4.39 Å². The first-order chi connectivity index (χ1) is 8.00. The van der Waals surface area contributed by atoms with Crippen LogP contribution in [0.15, 0.2) is 46.1 Å². The van der Waals surface area contributed by atoms with Gasteiger partial charge in [-0.15, -0.1) is 6.07 Å². The van der Waals surface area contributed by atoms with Gasteiger partial charge >= 0.3 is 0 Å². The van der Waals surface area contributed by atoms with E-state index >= 15 is 0 Å². The SMILES string of the molecule is C=C1C(Cl)=C[C-]=C(c2ccc(F)cc2Br)N1C.[Y]. The Kier molecular flexibility index (Phi) is 5.79. The fraction of sp³-hybridized carbons (Fsp3) is 0.0769. The second kappa shape index (κ2) is 6.47. The number of hydrogen-bond donors (Lipinski definition) is 0. The molecule has 91 valence electrons. The summed E-state index contributed by atoms with van der Waals surface area (Å²) in [5.41, 5.74) is 2.33. The monoisotopic (exact) mass is 401 g/mol. The van der Waals surface area contributed by atoms with Crippen molar-refractivity contribution in [1.29, 1.82) is 0 Å². The zero-order chi connectivity index (χ0) is 12.6. The molecule has 1 aromatic rings. The summed E-state index contributed by atoms with van der Waals surface area (Å²) in [6.45, 7) is 3.87. The van der Waals surface area contributed by atoms with E-state index in [1.54, 1.807) is 12.1 Å². The van der Waals surface area contributed by atoms with Crippen LogP contribution < -0.4 is 0 Å². The molecule has 1 nitrogen and oxygen atoms in total. The molecule has 0 N–H and O–H groups in total. The Morgan fingerprint density at radius 3 is 2.72 bits per heavy atom. The molecule has 5 heteroatoms. The predicted molar refractivity (Wildman–Crippen MR) is 71.6 cm³/mol. The van der Waals surface area contributed by atoms with Crippen LogP contribution in [-0.2, 0) is 32.7 Å². The third-order valence-corrected chi connectivity index (χ3v) is 3.52. The predicted octanol–water partition coefficient (Wildman–Crippen LogP) is 4.31. The molecule has 1 radical (unpaired) electrons. The van der Waals surface area contributed by atoms with Gasteiger partial charge in [0.1, 0.15) is 5.82 Å². The van der Waals surface area contributed by atoms with E-state index in [2.05, 4.69) is 28.6 Å². The molecular formula is C13H9BrClFNY-. The summed E-state index contributed by atoms with van der Waals surface area (Å²) in [6.07, 6.45) is 4.72. The maximum Gasteiger partial charge on any atom is 0.122 e. The third kappa shape index (κ3) is 3.13. The Morgan fingerprint density at radius 2 is 2.11 bits per heavy atom. The molecular weight excluding hydrogens is 393 g/mol. The molecule has 0 saturated heterocycles. The third-order valence-electron chi connectivity index (χ3n) is 2.54. The standard InChI is InChI=1S/C13H9BrClFN.Y/c1-8-12(15)5-6-13(17(8)2)10-4-3-9(16)7-11(10)14;/h3-5,7H,1H2,2H3;/q-1;. The maximum absolute atomic E-state index is 13.0. The van der Waals surface area contributed by atoms with E-state index in [1.807, 2.05) is 11.9 Å². The van der Waals surface area contributed by atoms with Gasteiger partial charge in [-0.25, -0.2) is 4.39 Å². The van der Waals surface area contributed by atoms with E-state index in [0.717, 1.165) is 11.3 Å². The molecule has 0 bridgehead atoms. The van der Waals surface area contributed by atoms with Crippen LogP contribution in [-0.4, -0.2) is 11.9 Å². The van der Waals surface area contributed by atoms with Gasteiger partial charge in [0, 0.05) is 39.8 Å². The van der Waals surface area contributed by atoms with Crippen LogP contribution in [0.25, 0.3) is 5.70 Å². The fourth-order valence-corrected chi connectivity index (χ4v) is 2.27. The van der Waals surface area contributed by atoms with Crippen LogP contribution in [0, 0.1) is 11.9 Å². The minimum atomic E-state index is -0.285. The number of likely N-dealkylation sites (N-methyl/N-ethyl adjacent to an activating group) is 1. The molecule has 0 amide bonds. The topological polar surface area (TPSA) is 3.24 Å². The van der Waals surface area contributed by atoms with Crippen molar-refractivity contribution in [2.45, 2.75) is 0 Å². The summed E-state index contributed by atoms with van der Waals surface area (Å²) in [7, 11) is 1.84. The smallest absolute Gasteiger partial charge is 0.122 e. The molecule has 18 heavy (non-hydrogen) atoms. The van der Waals surface area contributed by atoms with Crippen molar-refractivity contribution in [3.8, 4) is 0 Å². The van der Waals surface area contributed by atoms with E-state index < -0.39 is 0 Å². The quantitative estimate of drug-likeness (QED) is 0.633. The van der Waals surface area contributed by atoms with Crippen LogP contribution in [0.2, 0.25) is 0 Å². The molecule has 1 aliphatic heterocycles. The first-order valence-corrected chi connectivity index (χ1v) is 6.05. The number of hydrogen-bond acceptors (Lipinski definition) is 1. The molecule has 1 aliphatic rings. The molecule has 2 rings (SSSR count). The van der Waals surface area contributed by atoms with Crippen molar-refractivity contribution in [1.82, 2.24) is 4.90 Å². The zero-order valence-electron chi connectivity index (χ0n) is 9.67. The first kappa shape index (κ1) is 16.1. The zero-order valence-corrected chi connectivity index (χ0v) is 14.9. The minimum Gasteiger partial charge on any atom is -0.377 e. The Labute approximate surface area is 144 Å². The van der Waals surface area contributed by atoms with Gasteiger partial charge in [0.05, 0.1) is 0 Å². The summed E-state index contributed by atoms with van der Waals surface area (Å²) in [6, 6.07) is 4.52. The molecule has 0 spiro atoms. The van der Waals surface area contributed by atoms with Crippen molar-refractivity contribution < 1.29 is 37.1 Å². The normalized spacial score (nSPS) is 14.9. The molecule has 0 atom stereocenters. The minimum absolute atomic E-state index is 0. The van der Waals surface area contributed by atoms with Crippen LogP contribution in [0.1, 0.15) is 5.56 Å². The van der Waals surface area contributed by atoms with Gasteiger partial charge in [0.25, 0.3) is 0 Å². The average Bonchev–Trinajstić information content (AvgIpc) is 2.28. The van der Waals surface area contributed by atoms with Gasteiger partial charge in [-0.2, -0.15) is 23.8 Å². The van der Waals surface area contributed by atoms with E-state index in [0.29, 0.717) is 15.2 Å². The van der Waals surface area contributed by atoms with Gasteiger partial charge < -0.3 is 4.90 Å². The van der Waals surface area contributed by atoms with Gasteiger partial charge in [-0.1, -0.05) is 33.8 Å². The molecule has 1 heterocycles. The van der Waals surface area contributed by atoms with Crippen molar-refractivity contribution in [3.05, 3.63) is 63.5 Å². The molecule has 0 fully saturated rings. The van der Waals surface area contributed by atoms with Crippen molar-refractivity contribution in [2.75, 3.05) is 7.05 Å². The summed E-state index contributed by atoms with van der Waals surface area (Å²) in [5, 5.41) is 0.550. The van der Waals surface area contributed by atoms with E-state index in [1.165, 1.54) is 12.1 Å². The number of halogens is 3. The molecule has 1 aromatic carbocycles. The van der Waals surface area contributed by atoms with E-state index in [-0.39, 0.29) is 38.5 Å². The van der Waals surface area contributed by atoms with Gasteiger partial charge in [-0.3, -0.25) is 0 Å². The molecule has 0 aromatic heterocycles. The van der Waals surface area contributed by atoms with Crippen LogP contribution in [0.3, 0.4) is 0 Å². The Morgan fingerprint density at radius 1 is 1.44 bits per heavy atom. The second-order valence-corrected chi connectivity index (χ2v) is 4.88. The Bertz CT molecular complexity index is 554. The van der Waals surface area contributed by atoms with E-state index in [4.69, 9.17) is 11.6 Å². The summed E-state index contributed by atoms with van der Waals surface area (Å²) in [5.74, 6) is -0.285. The first-order valence-electron chi connectivity index (χ1n) is 4.88.